The van der Waals surface area contributed by atoms with Crippen LogP contribution < -0.4 is 4.12 Å². The molecule has 0 fully saturated rings. The molecular weight excluding hydrogens is 154 g/mol. The van der Waals surface area contributed by atoms with Crippen LogP contribution in [0.25, 0.3) is 0 Å². The molecule has 0 nitrogen and oxygen atoms in total. The van der Waals surface area contributed by atoms with E-state index in [0.29, 0.717) is 0 Å². The third-order valence-corrected chi connectivity index (χ3v) is 3.95. The quantitative estimate of drug-likeness (QED) is 0.537. The average molecular weight is 163 g/mol. The van der Waals surface area contributed by atoms with E-state index in [1.807, 2.05) is 0 Å². The predicted molar refractivity (Wildman–Crippen MR) is 39.1 cm³/mol. The topological polar surface area (TPSA) is 0 Å². The molecule has 0 spiro atoms. The molecule has 0 atom stereocenters. The third kappa shape index (κ3) is 1.42. The van der Waals surface area contributed by atoms with E-state index in [4.69, 9.17) is 0 Å². The van der Waals surface area contributed by atoms with Crippen LogP contribution >= 0.6 is 0 Å². The van der Waals surface area contributed by atoms with Crippen molar-refractivity contribution in [2.75, 3.05) is 0 Å². The molecule has 0 bridgehead atoms. The van der Waals surface area contributed by atoms with E-state index < -0.39 is 0 Å². The summed E-state index contributed by atoms with van der Waals surface area (Å²) in [6.07, 6.45) is 0. The summed E-state index contributed by atoms with van der Waals surface area (Å²) in [6.45, 7) is 0. The van der Waals surface area contributed by atoms with Gasteiger partial charge < -0.3 is 0 Å². The van der Waals surface area contributed by atoms with Crippen molar-refractivity contribution in [1.82, 2.24) is 0 Å². The Labute approximate surface area is 57.7 Å². The Balaban J connectivity index is 2.83. The van der Waals surface area contributed by atoms with Gasteiger partial charge in [-0.25, -0.2) is 0 Å². The van der Waals surface area contributed by atoms with Gasteiger partial charge in [-0.15, -0.1) is 0 Å². The van der Waals surface area contributed by atoms with Crippen molar-refractivity contribution in [3.05, 3.63) is 30.3 Å². The van der Waals surface area contributed by atoms with E-state index in [2.05, 4.69) is 35.8 Å². The van der Waals surface area contributed by atoms with Crippen LogP contribution in [0.15, 0.2) is 30.3 Å². The van der Waals surface area contributed by atoms with E-state index in [-0.39, 0.29) is 17.4 Å². The van der Waals surface area contributed by atoms with Crippen LogP contribution in [-0.2, 0) is 0 Å². The molecule has 0 amide bonds. The van der Waals surface area contributed by atoms with Crippen LogP contribution in [-0.4, -0.2) is 17.4 Å². The fourth-order valence-electron chi connectivity index (χ4n) is 0.714. The first-order chi connectivity index (χ1) is 3.93. The second-order valence-electron chi connectivity index (χ2n) is 1.84. The molecule has 0 saturated heterocycles. The van der Waals surface area contributed by atoms with Gasteiger partial charge in [-0.1, -0.05) is 0 Å². The zero-order valence-electron chi connectivity index (χ0n) is 5.09. The summed E-state index contributed by atoms with van der Waals surface area (Å²) in [5.41, 5.74) is 2.35. The molecule has 1 heteroatoms. The predicted octanol–water partition coefficient (Wildman–Crippen LogP) is 0.796. The normalized spacial score (nSPS) is 8.62. The first-order valence-corrected chi connectivity index (χ1v) is 7.42. The van der Waals surface area contributed by atoms with Crippen LogP contribution in [0.1, 0.15) is 0 Å². The molecule has 1 rings (SSSR count). The molecule has 1 aromatic carbocycles. The Morgan fingerprint density at radius 2 is 1.75 bits per heavy atom. The van der Waals surface area contributed by atoms with E-state index >= 15 is 0 Å². The maximum atomic E-state index is 2.35. The summed E-state index contributed by atoms with van der Waals surface area (Å²) in [6, 6.07) is 10.7. The molecule has 8 heavy (non-hydrogen) atoms. The van der Waals surface area contributed by atoms with Crippen LogP contribution in [0.3, 0.4) is 0 Å². The molecule has 0 aromatic heterocycles. The first kappa shape index (κ1) is 5.98. The van der Waals surface area contributed by atoms with Crippen molar-refractivity contribution in [1.29, 1.82) is 0 Å². The molecule has 0 radical (unpaired) electrons. The summed E-state index contributed by atoms with van der Waals surface area (Å²) in [7, 11) is 0. The Morgan fingerprint density at radius 3 is 2.12 bits per heavy atom. The van der Waals surface area contributed by atoms with Gasteiger partial charge in [-0.3, -0.25) is 0 Å². The number of hydrogen-bond acceptors (Lipinski definition) is 0. The Kier molecular flexibility index (Phi) is 2.24. The van der Waals surface area contributed by atoms with Gasteiger partial charge in [0, 0.05) is 0 Å². The zero-order valence-corrected chi connectivity index (χ0v) is 8.06. The van der Waals surface area contributed by atoms with Gasteiger partial charge in [0.25, 0.3) is 0 Å². The summed E-state index contributed by atoms with van der Waals surface area (Å²) in [5, 5.41) is 0. The van der Waals surface area contributed by atoms with Gasteiger partial charge in [0.1, 0.15) is 0 Å². The molecule has 0 aliphatic heterocycles. The summed E-state index contributed by atoms with van der Waals surface area (Å²) >= 11 is -0.276. The summed E-state index contributed by atoms with van der Waals surface area (Å²) in [5.74, 6) is 0. The molecule has 0 N–H and O–H groups in total. The van der Waals surface area contributed by atoms with Crippen LogP contribution in [0, 0.1) is 0 Å². The summed E-state index contributed by atoms with van der Waals surface area (Å²) in [4.78, 5) is 0. The molecule has 0 heterocycles. The van der Waals surface area contributed by atoms with Crippen molar-refractivity contribution >= 4 is 21.5 Å². The van der Waals surface area contributed by atoms with Gasteiger partial charge in [-0.05, 0) is 0 Å². The van der Waals surface area contributed by atoms with Crippen LogP contribution in [0.4, 0.5) is 0 Å². The van der Waals surface area contributed by atoms with E-state index in [9.17, 15) is 0 Å². The minimum absolute atomic E-state index is 0.276. The van der Waals surface area contributed by atoms with Gasteiger partial charge in [0.05, 0.1) is 0 Å². The van der Waals surface area contributed by atoms with Crippen LogP contribution in [0.2, 0.25) is 5.48 Å². The first-order valence-electron chi connectivity index (χ1n) is 2.97. The monoisotopic (exact) mass is 162 g/mol. The molecular formula is C7H9Ga. The summed E-state index contributed by atoms with van der Waals surface area (Å²) < 4.78 is 1.60. The van der Waals surface area contributed by atoms with E-state index in [0.717, 1.165) is 0 Å². The maximum absolute atomic E-state index is 2.35. The molecule has 0 unspecified atom stereocenters. The van der Waals surface area contributed by atoms with Gasteiger partial charge >= 0.3 is 57.3 Å². The second-order valence-corrected chi connectivity index (χ2v) is 5.04. The SMILES string of the molecule is [CH3][GaH][c]1ccccc1. The number of benzene rings is 1. The number of rotatable bonds is 1. The second kappa shape index (κ2) is 3.00. The fourth-order valence-corrected chi connectivity index (χ4v) is 2.27. The Bertz CT molecular complexity index is 146. The van der Waals surface area contributed by atoms with Crippen molar-refractivity contribution in [2.24, 2.45) is 0 Å². The van der Waals surface area contributed by atoms with Gasteiger partial charge in [0.15, 0.2) is 0 Å². The molecule has 0 saturated carbocycles. The molecule has 40 valence electrons. The number of hydrogen-bond donors (Lipinski definition) is 0. The van der Waals surface area contributed by atoms with Gasteiger partial charge in [0.2, 0.25) is 0 Å². The average Bonchev–Trinajstić information content (AvgIpc) is 1.90. The van der Waals surface area contributed by atoms with Gasteiger partial charge in [-0.2, -0.15) is 0 Å². The van der Waals surface area contributed by atoms with Crippen molar-refractivity contribution in [3.63, 3.8) is 0 Å². The molecule has 0 aliphatic carbocycles. The van der Waals surface area contributed by atoms with E-state index in [1.54, 1.807) is 4.12 Å². The van der Waals surface area contributed by atoms with Crippen LogP contribution in [0.5, 0.6) is 0 Å². The Hall–Kier alpha value is -0.144. The Morgan fingerprint density at radius 1 is 1.12 bits per heavy atom. The standard InChI is InChI=1S/C6H5.CH3.Ga.H/c1-2-4-6-5-3-1;;;/h1-5H;1H3;;. The molecule has 0 aliphatic rings. The van der Waals surface area contributed by atoms with E-state index in [1.165, 1.54) is 0 Å². The van der Waals surface area contributed by atoms with Crippen molar-refractivity contribution in [2.45, 2.75) is 5.48 Å². The third-order valence-electron chi connectivity index (χ3n) is 1.25. The zero-order chi connectivity index (χ0) is 5.82. The van der Waals surface area contributed by atoms with Crippen molar-refractivity contribution < 1.29 is 0 Å². The fraction of sp³-hybridized carbons (Fsp3) is 0.143. The molecule has 1 aromatic rings. The minimum atomic E-state index is -0.276. The van der Waals surface area contributed by atoms with Crippen molar-refractivity contribution in [3.8, 4) is 0 Å².